The predicted molar refractivity (Wildman–Crippen MR) is 99.2 cm³/mol. The van der Waals surface area contributed by atoms with Crippen LogP contribution in [0.3, 0.4) is 0 Å². The van der Waals surface area contributed by atoms with Gasteiger partial charge in [-0.25, -0.2) is 9.38 Å². The number of nitrogens with zero attached hydrogens (tertiary/aromatic N) is 2. The molecule has 1 aliphatic heterocycles. The second-order valence-electron chi connectivity index (χ2n) is 5.49. The van der Waals surface area contributed by atoms with E-state index < -0.39 is 0 Å². The second kappa shape index (κ2) is 8.16. The average Bonchev–Trinajstić information content (AvgIpc) is 2.64. The van der Waals surface area contributed by atoms with Gasteiger partial charge in [-0.05, 0) is 61.9 Å². The molecule has 1 heterocycles. The first-order valence-electron chi connectivity index (χ1n) is 8.19. The third-order valence-electron chi connectivity index (χ3n) is 3.70. The van der Waals surface area contributed by atoms with Gasteiger partial charge in [-0.15, -0.1) is 0 Å². The molecule has 0 spiro atoms. The van der Waals surface area contributed by atoms with E-state index in [1.165, 1.54) is 24.3 Å². The largest absolute Gasteiger partial charge is 0.494 e. The Morgan fingerprint density at radius 1 is 1.20 bits per heavy atom. The summed E-state index contributed by atoms with van der Waals surface area (Å²) in [7, 11) is 0. The number of benzene rings is 2. The second-order valence-corrected chi connectivity index (χ2v) is 6.55. The third-order valence-corrected chi connectivity index (χ3v) is 4.76. The molecule has 0 radical (unpaired) electrons. The van der Waals surface area contributed by atoms with Crippen molar-refractivity contribution in [3.05, 3.63) is 59.9 Å². The number of aliphatic imine (C=N–C) groups is 1. The van der Waals surface area contributed by atoms with Crippen molar-refractivity contribution >= 4 is 28.5 Å². The van der Waals surface area contributed by atoms with E-state index in [-0.39, 0.29) is 11.7 Å². The highest BCUT2D eigenvalue weighted by Crippen LogP contribution is 2.25. The lowest BCUT2D eigenvalue weighted by atomic mass is 10.2. The predicted octanol–water partition coefficient (Wildman–Crippen LogP) is 4.49. The van der Waals surface area contributed by atoms with Crippen LogP contribution in [0.4, 0.5) is 10.1 Å². The monoisotopic (exact) mass is 358 g/mol. The molecule has 0 aromatic heterocycles. The number of hydrogen-bond donors (Lipinski definition) is 0. The minimum atomic E-state index is -0.354. The first-order chi connectivity index (χ1) is 12.2. The first kappa shape index (κ1) is 17.5. The van der Waals surface area contributed by atoms with Crippen molar-refractivity contribution in [2.75, 3.05) is 18.9 Å². The standard InChI is InChI=1S/C19H19FN2O2S/c1-2-24-17-10-8-16(9-11-17)21-19-22(12-3-13-25-19)18(23)14-4-6-15(20)7-5-14/h4-11H,2-3,12-13H2,1H3. The van der Waals surface area contributed by atoms with Crippen molar-refractivity contribution in [2.45, 2.75) is 13.3 Å². The van der Waals surface area contributed by atoms with Gasteiger partial charge in [0.25, 0.3) is 5.91 Å². The minimum Gasteiger partial charge on any atom is -0.494 e. The van der Waals surface area contributed by atoms with Crippen LogP contribution in [0.25, 0.3) is 0 Å². The SMILES string of the molecule is CCOc1ccc(N=C2SCCCN2C(=O)c2ccc(F)cc2)cc1. The number of thioether (sulfide) groups is 1. The van der Waals surface area contributed by atoms with Gasteiger partial charge < -0.3 is 4.74 Å². The molecule has 2 aromatic carbocycles. The number of ether oxygens (including phenoxy) is 1. The van der Waals surface area contributed by atoms with Crippen LogP contribution in [0.2, 0.25) is 0 Å². The van der Waals surface area contributed by atoms with E-state index >= 15 is 0 Å². The van der Waals surface area contributed by atoms with E-state index in [0.717, 1.165) is 23.6 Å². The first-order valence-corrected chi connectivity index (χ1v) is 9.17. The van der Waals surface area contributed by atoms with Crippen LogP contribution >= 0.6 is 11.8 Å². The molecular weight excluding hydrogens is 339 g/mol. The molecule has 0 unspecified atom stereocenters. The van der Waals surface area contributed by atoms with Gasteiger partial charge in [0.05, 0.1) is 12.3 Å². The molecule has 0 atom stereocenters. The number of carbonyl (C=O) groups excluding carboxylic acids is 1. The van der Waals surface area contributed by atoms with Gasteiger partial charge in [0, 0.05) is 17.9 Å². The fourth-order valence-electron chi connectivity index (χ4n) is 2.48. The zero-order chi connectivity index (χ0) is 17.6. The van der Waals surface area contributed by atoms with E-state index in [4.69, 9.17) is 4.74 Å². The van der Waals surface area contributed by atoms with Crippen molar-refractivity contribution in [1.29, 1.82) is 0 Å². The molecule has 0 N–H and O–H groups in total. The zero-order valence-electron chi connectivity index (χ0n) is 13.9. The topological polar surface area (TPSA) is 41.9 Å². The van der Waals surface area contributed by atoms with Crippen LogP contribution in [0, 0.1) is 5.82 Å². The summed E-state index contributed by atoms with van der Waals surface area (Å²) in [6, 6.07) is 13.1. The van der Waals surface area contributed by atoms with Crippen molar-refractivity contribution in [2.24, 2.45) is 4.99 Å². The highest BCUT2D eigenvalue weighted by Gasteiger charge is 2.24. The van der Waals surface area contributed by atoms with E-state index in [9.17, 15) is 9.18 Å². The Kier molecular flexibility index (Phi) is 5.71. The molecule has 0 bridgehead atoms. The summed E-state index contributed by atoms with van der Waals surface area (Å²) in [4.78, 5) is 19.0. The molecule has 3 rings (SSSR count). The lowest BCUT2D eigenvalue weighted by Crippen LogP contribution is -2.39. The minimum absolute atomic E-state index is 0.156. The van der Waals surface area contributed by atoms with Crippen LogP contribution in [-0.2, 0) is 0 Å². The van der Waals surface area contributed by atoms with Gasteiger partial charge in [0.1, 0.15) is 11.6 Å². The van der Waals surface area contributed by atoms with E-state index in [2.05, 4.69) is 4.99 Å². The Labute approximate surface area is 150 Å². The lowest BCUT2D eigenvalue weighted by Gasteiger charge is -2.27. The van der Waals surface area contributed by atoms with Gasteiger partial charge in [0.2, 0.25) is 0 Å². The molecule has 2 aromatic rings. The summed E-state index contributed by atoms with van der Waals surface area (Å²) in [6.07, 6.45) is 0.903. The maximum absolute atomic E-state index is 13.1. The van der Waals surface area contributed by atoms with Crippen LogP contribution in [0.1, 0.15) is 23.7 Å². The van der Waals surface area contributed by atoms with E-state index in [1.54, 1.807) is 16.7 Å². The molecule has 25 heavy (non-hydrogen) atoms. The molecule has 130 valence electrons. The lowest BCUT2D eigenvalue weighted by molar-refractivity contribution is 0.0849. The number of amidine groups is 1. The van der Waals surface area contributed by atoms with Crippen LogP contribution < -0.4 is 4.74 Å². The van der Waals surface area contributed by atoms with Gasteiger partial charge >= 0.3 is 0 Å². The Morgan fingerprint density at radius 3 is 2.60 bits per heavy atom. The fourth-order valence-corrected chi connectivity index (χ4v) is 3.44. The smallest absolute Gasteiger partial charge is 0.259 e. The molecular formula is C19H19FN2O2S. The number of carbonyl (C=O) groups is 1. The molecule has 6 heteroatoms. The highest BCUT2D eigenvalue weighted by molar-refractivity contribution is 8.13. The maximum Gasteiger partial charge on any atom is 0.259 e. The molecule has 1 saturated heterocycles. The van der Waals surface area contributed by atoms with Gasteiger partial charge in [0.15, 0.2) is 5.17 Å². The summed E-state index contributed by atoms with van der Waals surface area (Å²) in [5.41, 5.74) is 1.23. The Balaban J connectivity index is 1.82. The highest BCUT2D eigenvalue weighted by atomic mass is 32.2. The molecule has 1 amide bonds. The Morgan fingerprint density at radius 2 is 1.92 bits per heavy atom. The summed E-state index contributed by atoms with van der Waals surface area (Å²) in [5, 5.41) is 0.671. The quantitative estimate of drug-likeness (QED) is 0.809. The van der Waals surface area contributed by atoms with Crippen LogP contribution in [-0.4, -0.2) is 34.9 Å². The van der Waals surface area contributed by atoms with E-state index in [1.807, 2.05) is 31.2 Å². The van der Waals surface area contributed by atoms with Gasteiger partial charge in [-0.1, -0.05) is 11.8 Å². The van der Waals surface area contributed by atoms with Crippen molar-refractivity contribution < 1.29 is 13.9 Å². The van der Waals surface area contributed by atoms with Gasteiger partial charge in [-0.2, -0.15) is 0 Å². The Bertz CT molecular complexity index is 760. The average molecular weight is 358 g/mol. The normalized spacial score (nSPS) is 16.1. The van der Waals surface area contributed by atoms with E-state index in [0.29, 0.717) is 23.9 Å². The van der Waals surface area contributed by atoms with Crippen molar-refractivity contribution in [3.63, 3.8) is 0 Å². The number of halogens is 1. The molecule has 4 nitrogen and oxygen atoms in total. The zero-order valence-corrected chi connectivity index (χ0v) is 14.8. The number of rotatable bonds is 4. The Hall–Kier alpha value is -2.34. The number of hydrogen-bond acceptors (Lipinski definition) is 4. The molecule has 0 aliphatic carbocycles. The van der Waals surface area contributed by atoms with Crippen molar-refractivity contribution in [1.82, 2.24) is 4.90 Å². The molecule has 0 saturated carbocycles. The summed E-state index contributed by atoms with van der Waals surface area (Å²) >= 11 is 1.56. The molecule has 1 aliphatic rings. The summed E-state index contributed by atoms with van der Waals surface area (Å²) < 4.78 is 18.5. The number of amides is 1. The summed E-state index contributed by atoms with van der Waals surface area (Å²) in [6.45, 7) is 3.16. The van der Waals surface area contributed by atoms with Crippen molar-refractivity contribution in [3.8, 4) is 5.75 Å². The fraction of sp³-hybridized carbons (Fsp3) is 0.263. The summed E-state index contributed by atoms with van der Waals surface area (Å²) in [5.74, 6) is 1.20. The molecule has 1 fully saturated rings. The van der Waals surface area contributed by atoms with Gasteiger partial charge in [-0.3, -0.25) is 9.69 Å². The third kappa shape index (κ3) is 4.39. The van der Waals surface area contributed by atoms with Crippen LogP contribution in [0.5, 0.6) is 5.75 Å². The maximum atomic E-state index is 13.1. The van der Waals surface area contributed by atoms with Crippen LogP contribution in [0.15, 0.2) is 53.5 Å².